The Balaban J connectivity index is 0.000000439. The number of carboxylic acids is 5. The molecule has 0 heterocycles. The minimum absolute atomic E-state index is 0.190. The summed E-state index contributed by atoms with van der Waals surface area (Å²) < 4.78 is 0. The predicted molar refractivity (Wildman–Crippen MR) is 94.0 cm³/mol. The monoisotopic (exact) mass is 392 g/mol. The predicted octanol–water partition coefficient (Wildman–Crippen LogP) is 2.26. The number of hydrogen-bond donors (Lipinski definition) is 5. The number of carbonyl (C=O) groups is 5. The van der Waals surface area contributed by atoms with Gasteiger partial charge in [-0.3, -0.25) is 4.79 Å². The summed E-state index contributed by atoms with van der Waals surface area (Å²) in [6, 6.07) is 11.0. The third kappa shape index (κ3) is 8.25. The van der Waals surface area contributed by atoms with Crippen LogP contribution in [0, 0.1) is 0 Å². The molecule has 0 fully saturated rings. The molecule has 2 aromatic carbocycles. The first-order chi connectivity index (χ1) is 13.0. The van der Waals surface area contributed by atoms with Crippen LogP contribution in [-0.4, -0.2) is 55.4 Å². The summed E-state index contributed by atoms with van der Waals surface area (Å²) in [6.07, 6.45) is 0. The van der Waals surface area contributed by atoms with E-state index in [2.05, 4.69) is 0 Å². The summed E-state index contributed by atoms with van der Waals surface area (Å²) in [6.45, 7) is 1.08. The van der Waals surface area contributed by atoms with Gasteiger partial charge < -0.3 is 25.5 Å². The van der Waals surface area contributed by atoms with Gasteiger partial charge in [0.05, 0.1) is 22.3 Å². The Kier molecular flexibility index (Phi) is 9.70. The molecule has 10 nitrogen and oxygen atoms in total. The summed E-state index contributed by atoms with van der Waals surface area (Å²) >= 11 is 0. The number of aromatic carboxylic acids is 4. The number of benzene rings is 2. The number of hydrogen-bond acceptors (Lipinski definition) is 5. The summed E-state index contributed by atoms with van der Waals surface area (Å²) in [4.78, 5) is 50.9. The Bertz CT molecular complexity index is 748. The number of carboxylic acid groups (broad SMARTS) is 5. The molecule has 5 N–H and O–H groups in total. The Labute approximate surface area is 157 Å². The highest BCUT2D eigenvalue weighted by Crippen LogP contribution is 2.08. The molecule has 0 aromatic heterocycles. The number of aliphatic carboxylic acids is 1. The molecule has 0 bridgehead atoms. The van der Waals surface area contributed by atoms with Crippen molar-refractivity contribution in [1.82, 2.24) is 0 Å². The summed E-state index contributed by atoms with van der Waals surface area (Å²) in [5.74, 6) is -5.75. The van der Waals surface area contributed by atoms with Gasteiger partial charge >= 0.3 is 23.9 Å². The first-order valence-corrected chi connectivity index (χ1v) is 7.29. The summed E-state index contributed by atoms with van der Waals surface area (Å²) in [7, 11) is 0. The molecule has 0 aliphatic heterocycles. The van der Waals surface area contributed by atoms with E-state index in [0.717, 1.165) is 6.92 Å². The van der Waals surface area contributed by atoms with Crippen molar-refractivity contribution in [2.75, 3.05) is 0 Å². The van der Waals surface area contributed by atoms with Crippen LogP contribution in [0.25, 0.3) is 0 Å². The number of rotatable bonds is 4. The van der Waals surface area contributed by atoms with Gasteiger partial charge in [0.25, 0.3) is 5.97 Å². The average molecular weight is 392 g/mol. The lowest BCUT2D eigenvalue weighted by Gasteiger charge is -1.98. The molecule has 0 aliphatic carbocycles. The van der Waals surface area contributed by atoms with E-state index < -0.39 is 29.8 Å². The van der Waals surface area contributed by atoms with Gasteiger partial charge in [0.1, 0.15) is 0 Å². The van der Waals surface area contributed by atoms with Crippen molar-refractivity contribution in [2.24, 2.45) is 0 Å². The van der Waals surface area contributed by atoms with Crippen molar-refractivity contribution in [3.05, 3.63) is 70.8 Å². The van der Waals surface area contributed by atoms with Crippen LogP contribution in [0.5, 0.6) is 0 Å². The van der Waals surface area contributed by atoms with E-state index >= 15 is 0 Å². The second-order valence-corrected chi connectivity index (χ2v) is 4.83. The molecule has 0 saturated heterocycles. The summed E-state index contributed by atoms with van der Waals surface area (Å²) in [5.41, 5.74) is -0.759. The van der Waals surface area contributed by atoms with E-state index in [1.54, 1.807) is 0 Å². The van der Waals surface area contributed by atoms with Crippen LogP contribution in [-0.2, 0) is 4.79 Å². The second-order valence-electron chi connectivity index (χ2n) is 4.83. The topological polar surface area (TPSA) is 186 Å². The maximum absolute atomic E-state index is 10.5. The molecule has 0 saturated carbocycles. The summed E-state index contributed by atoms with van der Waals surface area (Å²) in [5, 5.41) is 41.6. The standard InChI is InChI=1S/2C8H6O4.C2H4O2/c2*9-7(10)5-3-1-2-4-6(5)8(11)12;1-2(3)4/h2*1-4H,(H,9,10)(H,11,12);1H3,(H,3,4). The fraction of sp³-hybridized carbons (Fsp3) is 0.0556. The van der Waals surface area contributed by atoms with E-state index in [9.17, 15) is 19.2 Å². The molecule has 0 radical (unpaired) electrons. The zero-order valence-corrected chi connectivity index (χ0v) is 14.4. The van der Waals surface area contributed by atoms with Gasteiger partial charge in [0.15, 0.2) is 0 Å². The van der Waals surface area contributed by atoms with Crippen LogP contribution in [0.1, 0.15) is 48.4 Å². The Morgan fingerprint density at radius 3 is 0.750 bits per heavy atom. The van der Waals surface area contributed by atoms with Gasteiger partial charge in [-0.05, 0) is 24.3 Å². The zero-order chi connectivity index (χ0) is 21.9. The van der Waals surface area contributed by atoms with Crippen LogP contribution < -0.4 is 0 Å². The molecule has 2 rings (SSSR count). The Hall–Kier alpha value is -4.21. The van der Waals surface area contributed by atoms with Crippen molar-refractivity contribution < 1.29 is 49.5 Å². The van der Waals surface area contributed by atoms with Crippen molar-refractivity contribution >= 4 is 29.8 Å². The maximum atomic E-state index is 10.5. The zero-order valence-electron chi connectivity index (χ0n) is 14.4. The van der Waals surface area contributed by atoms with Gasteiger partial charge in [-0.1, -0.05) is 24.3 Å². The first kappa shape index (κ1) is 23.8. The minimum Gasteiger partial charge on any atom is -0.481 e. The first-order valence-electron chi connectivity index (χ1n) is 7.29. The lowest BCUT2D eigenvalue weighted by atomic mass is 10.1. The molecule has 28 heavy (non-hydrogen) atoms. The van der Waals surface area contributed by atoms with E-state index in [-0.39, 0.29) is 22.3 Å². The molecule has 148 valence electrons. The van der Waals surface area contributed by atoms with Gasteiger partial charge in [-0.2, -0.15) is 0 Å². The van der Waals surface area contributed by atoms with Crippen LogP contribution in [0.3, 0.4) is 0 Å². The molecular formula is C18H16O10. The van der Waals surface area contributed by atoms with Crippen molar-refractivity contribution in [3.8, 4) is 0 Å². The maximum Gasteiger partial charge on any atom is 0.336 e. The molecule has 0 aliphatic rings. The Morgan fingerprint density at radius 2 is 0.643 bits per heavy atom. The lowest BCUT2D eigenvalue weighted by Crippen LogP contribution is -2.06. The van der Waals surface area contributed by atoms with Gasteiger partial charge in [-0.15, -0.1) is 0 Å². The van der Waals surface area contributed by atoms with E-state index in [4.69, 9.17) is 30.3 Å². The molecule has 0 unspecified atom stereocenters. The largest absolute Gasteiger partial charge is 0.481 e. The smallest absolute Gasteiger partial charge is 0.336 e. The quantitative estimate of drug-likeness (QED) is 0.516. The molecule has 0 amide bonds. The molecular weight excluding hydrogens is 376 g/mol. The normalized spacial score (nSPS) is 8.89. The lowest BCUT2D eigenvalue weighted by molar-refractivity contribution is -0.134. The van der Waals surface area contributed by atoms with Crippen LogP contribution >= 0.6 is 0 Å². The minimum atomic E-state index is -1.23. The van der Waals surface area contributed by atoms with E-state index in [0.29, 0.717) is 0 Å². The van der Waals surface area contributed by atoms with Crippen molar-refractivity contribution in [3.63, 3.8) is 0 Å². The highest BCUT2D eigenvalue weighted by molar-refractivity contribution is 6.02. The van der Waals surface area contributed by atoms with Crippen LogP contribution in [0.2, 0.25) is 0 Å². The fourth-order valence-corrected chi connectivity index (χ4v) is 1.71. The highest BCUT2D eigenvalue weighted by atomic mass is 16.4. The third-order valence-corrected chi connectivity index (χ3v) is 2.78. The molecule has 0 atom stereocenters. The van der Waals surface area contributed by atoms with Crippen molar-refractivity contribution in [1.29, 1.82) is 0 Å². The van der Waals surface area contributed by atoms with Crippen LogP contribution in [0.15, 0.2) is 48.5 Å². The van der Waals surface area contributed by atoms with Crippen LogP contribution in [0.4, 0.5) is 0 Å². The average Bonchev–Trinajstić information content (AvgIpc) is 2.61. The van der Waals surface area contributed by atoms with Gasteiger partial charge in [0.2, 0.25) is 0 Å². The fourth-order valence-electron chi connectivity index (χ4n) is 1.71. The van der Waals surface area contributed by atoms with Crippen molar-refractivity contribution in [2.45, 2.75) is 6.92 Å². The second kappa shape index (κ2) is 11.4. The third-order valence-electron chi connectivity index (χ3n) is 2.78. The molecule has 2 aromatic rings. The SMILES string of the molecule is CC(=O)O.O=C(O)c1ccccc1C(=O)O.O=C(O)c1ccccc1C(=O)O. The van der Waals surface area contributed by atoms with E-state index in [1.165, 1.54) is 48.5 Å². The highest BCUT2D eigenvalue weighted by Gasteiger charge is 2.14. The van der Waals surface area contributed by atoms with E-state index in [1.807, 2.05) is 0 Å². The molecule has 10 heteroatoms. The Morgan fingerprint density at radius 1 is 0.500 bits per heavy atom. The van der Waals surface area contributed by atoms with Gasteiger partial charge in [0, 0.05) is 6.92 Å². The molecule has 0 spiro atoms. The van der Waals surface area contributed by atoms with Gasteiger partial charge in [-0.25, -0.2) is 19.2 Å².